The van der Waals surface area contributed by atoms with Crippen molar-refractivity contribution >= 4 is 45.2 Å². The van der Waals surface area contributed by atoms with Crippen LogP contribution in [0.5, 0.6) is 0 Å². The lowest BCUT2D eigenvalue weighted by Gasteiger charge is -2.02. The second-order valence-electron chi connectivity index (χ2n) is 5.75. The summed E-state index contributed by atoms with van der Waals surface area (Å²) in [6, 6.07) is 12.2. The van der Waals surface area contributed by atoms with E-state index in [0.29, 0.717) is 15.8 Å². The van der Waals surface area contributed by atoms with Gasteiger partial charge in [-0.3, -0.25) is 10.2 Å². The van der Waals surface area contributed by atoms with Crippen LogP contribution in [0.2, 0.25) is 5.02 Å². The lowest BCUT2D eigenvalue weighted by Crippen LogP contribution is -2.05. The van der Waals surface area contributed by atoms with Crippen molar-refractivity contribution in [2.45, 2.75) is 13.8 Å². The molecule has 1 heterocycles. The fraction of sp³-hybridized carbons (Fsp3) is 0.105. The smallest absolute Gasteiger partial charge is 0.221 e. The van der Waals surface area contributed by atoms with Crippen LogP contribution in [0.25, 0.3) is 11.3 Å². The molecule has 3 rings (SSSR count). The van der Waals surface area contributed by atoms with Gasteiger partial charge in [-0.05, 0) is 19.1 Å². The van der Waals surface area contributed by atoms with Crippen LogP contribution in [0.3, 0.4) is 0 Å². The van der Waals surface area contributed by atoms with E-state index in [1.54, 1.807) is 6.07 Å². The lowest BCUT2D eigenvalue weighted by atomic mass is 10.1. The molecule has 2 N–H and O–H groups in total. The molecule has 1 amide bonds. The minimum atomic E-state index is -0.466. The third kappa shape index (κ3) is 4.69. The average Bonchev–Trinajstić information content (AvgIpc) is 3.00. The number of thiazole rings is 1. The van der Waals surface area contributed by atoms with E-state index in [1.807, 2.05) is 31.2 Å². The van der Waals surface area contributed by atoms with Gasteiger partial charge in [0.25, 0.3) is 0 Å². The van der Waals surface area contributed by atoms with Gasteiger partial charge in [0, 0.05) is 18.1 Å². The van der Waals surface area contributed by atoms with Crippen LogP contribution in [-0.4, -0.2) is 17.1 Å². The van der Waals surface area contributed by atoms with Crippen molar-refractivity contribution in [1.82, 2.24) is 4.98 Å². The maximum absolute atomic E-state index is 13.8. The molecule has 0 spiro atoms. The number of nitrogens with one attached hydrogen (secondary N) is 2. The molecule has 0 atom stereocenters. The number of aryl methyl sites for hydroxylation is 1. The lowest BCUT2D eigenvalue weighted by molar-refractivity contribution is -0.114. The van der Waals surface area contributed by atoms with Gasteiger partial charge in [0.2, 0.25) is 11.0 Å². The Kier molecular flexibility index (Phi) is 5.83. The zero-order valence-corrected chi connectivity index (χ0v) is 16.2. The van der Waals surface area contributed by atoms with Crippen LogP contribution >= 0.6 is 22.9 Å². The molecule has 138 valence electrons. The van der Waals surface area contributed by atoms with Gasteiger partial charge in [-0.2, -0.15) is 5.10 Å². The predicted octanol–water partition coefficient (Wildman–Crippen LogP) is 5.32. The van der Waals surface area contributed by atoms with E-state index in [9.17, 15) is 9.18 Å². The predicted molar refractivity (Wildman–Crippen MR) is 109 cm³/mol. The zero-order valence-electron chi connectivity index (χ0n) is 14.6. The number of hydrogen-bond acceptors (Lipinski definition) is 5. The molecule has 3 aromatic rings. The molecule has 0 aliphatic carbocycles. The highest BCUT2D eigenvalue weighted by molar-refractivity contribution is 7.20. The number of anilines is 2. The molecule has 0 aliphatic rings. The first-order chi connectivity index (χ1) is 12.9. The van der Waals surface area contributed by atoms with Gasteiger partial charge in [-0.1, -0.05) is 58.8 Å². The number of carbonyl (C=O) groups excluding carboxylic acids is 1. The fourth-order valence-corrected chi connectivity index (χ4v) is 3.40. The van der Waals surface area contributed by atoms with E-state index in [0.717, 1.165) is 11.1 Å². The summed E-state index contributed by atoms with van der Waals surface area (Å²) in [4.78, 5) is 16.0. The first kappa shape index (κ1) is 19.0. The van der Waals surface area contributed by atoms with E-state index >= 15 is 0 Å². The molecule has 1 aromatic heterocycles. The Labute approximate surface area is 164 Å². The molecule has 0 aliphatic heterocycles. The summed E-state index contributed by atoms with van der Waals surface area (Å²) < 4.78 is 13.8. The largest absolute Gasteiger partial charge is 0.316 e. The van der Waals surface area contributed by atoms with Crippen LogP contribution in [0, 0.1) is 12.7 Å². The van der Waals surface area contributed by atoms with E-state index in [2.05, 4.69) is 20.8 Å². The van der Waals surface area contributed by atoms with Gasteiger partial charge >= 0.3 is 0 Å². The third-order valence-electron chi connectivity index (χ3n) is 3.60. The molecular weight excluding hydrogens is 387 g/mol. The van der Waals surface area contributed by atoms with Crippen LogP contribution in [0.4, 0.5) is 14.5 Å². The summed E-state index contributed by atoms with van der Waals surface area (Å²) in [6.45, 7) is 3.43. The van der Waals surface area contributed by atoms with Crippen molar-refractivity contribution in [3.8, 4) is 11.3 Å². The van der Waals surface area contributed by atoms with Crippen molar-refractivity contribution < 1.29 is 9.18 Å². The van der Waals surface area contributed by atoms with E-state index in [1.165, 1.54) is 36.6 Å². The van der Waals surface area contributed by atoms with Crippen LogP contribution in [0.15, 0.2) is 47.6 Å². The van der Waals surface area contributed by atoms with Crippen molar-refractivity contribution in [3.05, 3.63) is 64.4 Å². The molecule has 0 unspecified atom stereocenters. The molecule has 0 saturated carbocycles. The van der Waals surface area contributed by atoms with Gasteiger partial charge in [0.05, 0.1) is 11.2 Å². The Hall–Kier alpha value is -2.77. The fourth-order valence-electron chi connectivity index (χ4n) is 2.31. The molecule has 0 saturated heterocycles. The molecule has 8 heteroatoms. The minimum absolute atomic E-state index is 0.184. The highest BCUT2D eigenvalue weighted by Gasteiger charge is 2.14. The number of rotatable bonds is 5. The van der Waals surface area contributed by atoms with Crippen molar-refractivity contribution in [1.29, 1.82) is 0 Å². The topological polar surface area (TPSA) is 66.4 Å². The summed E-state index contributed by atoms with van der Waals surface area (Å²) in [5, 5.41) is 8.11. The Morgan fingerprint density at radius 1 is 1.26 bits per heavy atom. The number of amides is 1. The highest BCUT2D eigenvalue weighted by atomic mass is 35.5. The van der Waals surface area contributed by atoms with E-state index in [-0.39, 0.29) is 16.5 Å². The summed E-state index contributed by atoms with van der Waals surface area (Å²) in [5.74, 6) is -0.660. The Morgan fingerprint density at radius 2 is 2.00 bits per heavy atom. The minimum Gasteiger partial charge on any atom is -0.316 e. The highest BCUT2D eigenvalue weighted by Crippen LogP contribution is 2.36. The standard InChI is InChI=1S/C19H16ClFN4OS/c1-11-6-8-13(9-7-11)17-18(23-12(2)26)27-19(24-17)25-22-10-14-15(20)4-3-5-16(14)21/h3-10H,1-2H3,(H,23,26)(H,24,25)/b22-10+. The van der Waals surface area contributed by atoms with Crippen LogP contribution in [-0.2, 0) is 4.79 Å². The summed E-state index contributed by atoms with van der Waals surface area (Å²) >= 11 is 7.21. The van der Waals surface area contributed by atoms with Crippen LogP contribution in [0.1, 0.15) is 18.1 Å². The Bertz CT molecular complexity index is 981. The van der Waals surface area contributed by atoms with Gasteiger partial charge in [0.15, 0.2) is 0 Å². The number of nitrogens with zero attached hydrogens (tertiary/aromatic N) is 2. The van der Waals surface area contributed by atoms with Crippen molar-refractivity contribution in [2.24, 2.45) is 5.10 Å². The van der Waals surface area contributed by atoms with Crippen LogP contribution < -0.4 is 10.7 Å². The summed E-state index contributed by atoms with van der Waals surface area (Å²) in [5.41, 5.74) is 5.58. The number of benzene rings is 2. The number of hydrazone groups is 1. The normalized spacial score (nSPS) is 11.0. The maximum Gasteiger partial charge on any atom is 0.221 e. The van der Waals surface area contributed by atoms with Gasteiger partial charge < -0.3 is 5.32 Å². The van der Waals surface area contributed by atoms with E-state index in [4.69, 9.17) is 11.6 Å². The second kappa shape index (κ2) is 8.28. The van der Waals surface area contributed by atoms with Gasteiger partial charge in [-0.25, -0.2) is 9.37 Å². The molecule has 5 nitrogen and oxygen atoms in total. The number of carbonyl (C=O) groups is 1. The van der Waals surface area contributed by atoms with Crippen molar-refractivity contribution in [2.75, 3.05) is 10.7 Å². The third-order valence-corrected chi connectivity index (χ3v) is 4.80. The summed E-state index contributed by atoms with van der Waals surface area (Å²) in [6.07, 6.45) is 1.29. The second-order valence-corrected chi connectivity index (χ2v) is 7.16. The number of hydrogen-bond donors (Lipinski definition) is 2. The van der Waals surface area contributed by atoms with Gasteiger partial charge in [-0.15, -0.1) is 0 Å². The monoisotopic (exact) mass is 402 g/mol. The Balaban J connectivity index is 1.87. The molecule has 0 fully saturated rings. The quantitative estimate of drug-likeness (QED) is 0.448. The maximum atomic E-state index is 13.8. The molecule has 0 bridgehead atoms. The Morgan fingerprint density at radius 3 is 2.67 bits per heavy atom. The molecule has 2 aromatic carbocycles. The average molecular weight is 403 g/mol. The number of halogens is 2. The number of aromatic nitrogens is 1. The van der Waals surface area contributed by atoms with E-state index < -0.39 is 5.82 Å². The SMILES string of the molecule is CC(=O)Nc1sc(N/N=C/c2c(F)cccc2Cl)nc1-c1ccc(C)cc1. The molecule has 27 heavy (non-hydrogen) atoms. The first-order valence-electron chi connectivity index (χ1n) is 8.02. The van der Waals surface area contributed by atoms with Crippen molar-refractivity contribution in [3.63, 3.8) is 0 Å². The summed E-state index contributed by atoms with van der Waals surface area (Å²) in [7, 11) is 0. The first-order valence-corrected chi connectivity index (χ1v) is 9.22. The zero-order chi connectivity index (χ0) is 19.4. The van der Waals surface area contributed by atoms with Gasteiger partial charge in [0.1, 0.15) is 16.5 Å². The molecule has 0 radical (unpaired) electrons. The molecular formula is C19H16ClFN4OS.